The third-order valence-corrected chi connectivity index (χ3v) is 3.13. The molecule has 1 aromatic carbocycles. The van der Waals surface area contributed by atoms with Crippen molar-refractivity contribution in [2.75, 3.05) is 6.54 Å². The minimum absolute atomic E-state index is 0.0500. The van der Waals surface area contributed by atoms with Crippen molar-refractivity contribution >= 4 is 23.2 Å². The van der Waals surface area contributed by atoms with Gasteiger partial charge in [0.2, 0.25) is 0 Å². The van der Waals surface area contributed by atoms with Crippen LogP contribution in [0.25, 0.3) is 0 Å². The summed E-state index contributed by atoms with van der Waals surface area (Å²) in [5, 5.41) is 14.1. The van der Waals surface area contributed by atoms with Crippen LogP contribution in [0.3, 0.4) is 0 Å². The van der Waals surface area contributed by atoms with Crippen LogP contribution in [0.15, 0.2) is 18.2 Å². The highest BCUT2D eigenvalue weighted by Gasteiger charge is 2.18. The zero-order valence-corrected chi connectivity index (χ0v) is 10.3. The van der Waals surface area contributed by atoms with Crippen LogP contribution in [0.1, 0.15) is 25.5 Å². The highest BCUT2D eigenvalue weighted by atomic mass is 35.5. The molecule has 15 heavy (non-hydrogen) atoms. The standard InChI is InChI=1S/C11H15Cl2NO/c1-3-14-7(2)11(15)8-5-4-6-9(12)10(8)13/h4-7,11,14-15H,3H2,1-2H3. The highest BCUT2D eigenvalue weighted by molar-refractivity contribution is 6.42. The smallest absolute Gasteiger partial charge is 0.0955 e. The fraction of sp³-hybridized carbons (Fsp3) is 0.455. The molecule has 1 aromatic rings. The second-order valence-corrected chi connectivity index (χ2v) is 4.22. The van der Waals surface area contributed by atoms with E-state index < -0.39 is 6.10 Å². The first kappa shape index (κ1) is 12.8. The number of nitrogens with one attached hydrogen (secondary N) is 1. The van der Waals surface area contributed by atoms with Crippen molar-refractivity contribution in [3.63, 3.8) is 0 Å². The topological polar surface area (TPSA) is 32.3 Å². The Morgan fingerprint density at radius 2 is 2.07 bits per heavy atom. The summed E-state index contributed by atoms with van der Waals surface area (Å²) in [6, 6.07) is 5.22. The molecule has 0 amide bonds. The van der Waals surface area contributed by atoms with E-state index in [9.17, 15) is 5.11 Å². The van der Waals surface area contributed by atoms with Crippen LogP contribution in [0, 0.1) is 0 Å². The predicted octanol–water partition coefficient (Wildman–Crippen LogP) is 3.02. The van der Waals surface area contributed by atoms with Gasteiger partial charge in [0.05, 0.1) is 16.1 Å². The Hall–Kier alpha value is -0.280. The number of aliphatic hydroxyl groups excluding tert-OH is 1. The Morgan fingerprint density at radius 1 is 1.40 bits per heavy atom. The van der Waals surface area contributed by atoms with Gasteiger partial charge in [0.25, 0.3) is 0 Å². The van der Waals surface area contributed by atoms with Crippen LogP contribution < -0.4 is 5.32 Å². The van der Waals surface area contributed by atoms with E-state index in [4.69, 9.17) is 23.2 Å². The van der Waals surface area contributed by atoms with Gasteiger partial charge in [0, 0.05) is 11.6 Å². The monoisotopic (exact) mass is 247 g/mol. The third-order valence-electron chi connectivity index (χ3n) is 2.30. The van der Waals surface area contributed by atoms with Gasteiger partial charge in [-0.1, -0.05) is 42.3 Å². The van der Waals surface area contributed by atoms with Crippen LogP contribution >= 0.6 is 23.2 Å². The van der Waals surface area contributed by atoms with E-state index in [0.29, 0.717) is 15.6 Å². The SMILES string of the molecule is CCNC(C)C(O)c1cccc(Cl)c1Cl. The van der Waals surface area contributed by atoms with Gasteiger partial charge in [0.15, 0.2) is 0 Å². The number of likely N-dealkylation sites (N-methyl/N-ethyl adjacent to an activating group) is 1. The molecule has 0 aliphatic carbocycles. The molecule has 0 aromatic heterocycles. The molecule has 1 rings (SSSR count). The molecule has 0 bridgehead atoms. The first-order valence-electron chi connectivity index (χ1n) is 4.93. The van der Waals surface area contributed by atoms with E-state index in [2.05, 4.69) is 5.32 Å². The minimum atomic E-state index is -0.642. The summed E-state index contributed by atoms with van der Waals surface area (Å²) < 4.78 is 0. The summed E-state index contributed by atoms with van der Waals surface area (Å²) >= 11 is 11.9. The van der Waals surface area contributed by atoms with Gasteiger partial charge in [-0.3, -0.25) is 0 Å². The Balaban J connectivity index is 2.90. The highest BCUT2D eigenvalue weighted by Crippen LogP contribution is 2.31. The van der Waals surface area contributed by atoms with Crippen LogP contribution in [0.2, 0.25) is 10.0 Å². The molecule has 2 atom stereocenters. The lowest BCUT2D eigenvalue weighted by atomic mass is 10.0. The molecule has 0 saturated heterocycles. The summed E-state index contributed by atoms with van der Waals surface area (Å²) in [6.45, 7) is 4.70. The van der Waals surface area contributed by atoms with Gasteiger partial charge < -0.3 is 10.4 Å². The first-order valence-corrected chi connectivity index (χ1v) is 5.68. The zero-order chi connectivity index (χ0) is 11.4. The molecule has 0 radical (unpaired) electrons. The van der Waals surface area contributed by atoms with Gasteiger partial charge in [-0.15, -0.1) is 0 Å². The van der Waals surface area contributed by atoms with Gasteiger partial charge >= 0.3 is 0 Å². The maximum Gasteiger partial charge on any atom is 0.0955 e. The Labute approximate surface area is 100 Å². The summed E-state index contributed by atoms with van der Waals surface area (Å²) in [5.74, 6) is 0. The molecule has 0 saturated carbocycles. The van der Waals surface area contributed by atoms with Crippen molar-refractivity contribution in [1.82, 2.24) is 5.32 Å². The largest absolute Gasteiger partial charge is 0.387 e. The first-order chi connectivity index (χ1) is 7.07. The Bertz CT molecular complexity index is 330. The van der Waals surface area contributed by atoms with Gasteiger partial charge in [-0.05, 0) is 19.5 Å². The summed E-state index contributed by atoms with van der Waals surface area (Å²) in [7, 11) is 0. The fourth-order valence-corrected chi connectivity index (χ4v) is 1.87. The zero-order valence-electron chi connectivity index (χ0n) is 8.80. The van der Waals surface area contributed by atoms with Crippen molar-refractivity contribution in [2.45, 2.75) is 26.0 Å². The summed E-state index contributed by atoms with van der Waals surface area (Å²) in [4.78, 5) is 0. The van der Waals surface area contributed by atoms with Crippen LogP contribution in [-0.2, 0) is 0 Å². The summed E-state index contributed by atoms with van der Waals surface area (Å²) in [5.41, 5.74) is 0.664. The Morgan fingerprint density at radius 3 is 2.67 bits per heavy atom. The average Bonchev–Trinajstić information content (AvgIpc) is 2.21. The molecule has 0 aliphatic rings. The van der Waals surface area contributed by atoms with Crippen molar-refractivity contribution in [1.29, 1.82) is 0 Å². The van der Waals surface area contributed by atoms with Crippen molar-refractivity contribution in [2.24, 2.45) is 0 Å². The number of aliphatic hydroxyl groups is 1. The van der Waals surface area contributed by atoms with E-state index >= 15 is 0 Å². The van der Waals surface area contributed by atoms with Crippen molar-refractivity contribution in [3.8, 4) is 0 Å². The molecule has 2 nitrogen and oxygen atoms in total. The number of benzene rings is 1. The lowest BCUT2D eigenvalue weighted by molar-refractivity contribution is 0.137. The van der Waals surface area contributed by atoms with Crippen LogP contribution in [-0.4, -0.2) is 17.7 Å². The maximum absolute atomic E-state index is 10.0. The van der Waals surface area contributed by atoms with Gasteiger partial charge in [-0.2, -0.15) is 0 Å². The lowest BCUT2D eigenvalue weighted by Gasteiger charge is -2.21. The molecule has 4 heteroatoms. The molecular formula is C11H15Cl2NO. The average molecular weight is 248 g/mol. The predicted molar refractivity (Wildman–Crippen MR) is 64.6 cm³/mol. The second kappa shape index (κ2) is 5.71. The van der Waals surface area contributed by atoms with E-state index in [1.807, 2.05) is 13.8 Å². The van der Waals surface area contributed by atoms with E-state index in [-0.39, 0.29) is 6.04 Å². The van der Waals surface area contributed by atoms with E-state index in [1.165, 1.54) is 0 Å². The van der Waals surface area contributed by atoms with Crippen LogP contribution in [0.5, 0.6) is 0 Å². The molecule has 0 fully saturated rings. The number of hydrogen-bond donors (Lipinski definition) is 2. The molecule has 0 aliphatic heterocycles. The molecule has 0 heterocycles. The normalized spacial score (nSPS) is 15.0. The number of rotatable bonds is 4. The Kier molecular flexibility index (Phi) is 4.87. The summed E-state index contributed by atoms with van der Waals surface area (Å²) in [6.07, 6.45) is -0.642. The van der Waals surface area contributed by atoms with Gasteiger partial charge in [-0.25, -0.2) is 0 Å². The molecule has 2 unspecified atom stereocenters. The molecule has 0 spiro atoms. The molecule has 84 valence electrons. The number of hydrogen-bond acceptors (Lipinski definition) is 2. The van der Waals surface area contributed by atoms with Crippen LogP contribution in [0.4, 0.5) is 0 Å². The molecular weight excluding hydrogens is 233 g/mol. The van der Waals surface area contributed by atoms with E-state index in [1.54, 1.807) is 18.2 Å². The second-order valence-electron chi connectivity index (χ2n) is 3.43. The van der Waals surface area contributed by atoms with Gasteiger partial charge in [0.1, 0.15) is 0 Å². The quantitative estimate of drug-likeness (QED) is 0.858. The van der Waals surface area contributed by atoms with Crippen molar-refractivity contribution < 1.29 is 5.11 Å². The molecule has 2 N–H and O–H groups in total. The van der Waals surface area contributed by atoms with Crippen molar-refractivity contribution in [3.05, 3.63) is 33.8 Å². The number of halogens is 2. The van der Waals surface area contributed by atoms with E-state index in [0.717, 1.165) is 6.54 Å². The third kappa shape index (κ3) is 3.08. The fourth-order valence-electron chi connectivity index (χ4n) is 1.45. The minimum Gasteiger partial charge on any atom is -0.387 e. The maximum atomic E-state index is 10.0. The lowest BCUT2D eigenvalue weighted by Crippen LogP contribution is -2.32.